The van der Waals surface area contributed by atoms with E-state index < -0.39 is 5.97 Å². The monoisotopic (exact) mass is 273 g/mol. The number of carboxylic acid groups (broad SMARTS) is 1. The van der Waals surface area contributed by atoms with Crippen LogP contribution in [-0.4, -0.2) is 23.7 Å². The van der Waals surface area contributed by atoms with Crippen molar-refractivity contribution in [3.63, 3.8) is 0 Å². The molecule has 3 heteroatoms. The summed E-state index contributed by atoms with van der Waals surface area (Å²) in [6.45, 7) is 5.37. The molecule has 0 amide bonds. The molecule has 0 saturated heterocycles. The van der Waals surface area contributed by atoms with Gasteiger partial charge in [0.05, 0.1) is 0 Å². The van der Waals surface area contributed by atoms with E-state index in [1.54, 1.807) is 6.08 Å². The number of carboxylic acids is 1. The van der Waals surface area contributed by atoms with E-state index >= 15 is 0 Å². The third kappa shape index (κ3) is 3.86. The maximum atomic E-state index is 10.6. The van der Waals surface area contributed by atoms with E-state index in [9.17, 15) is 4.79 Å². The number of unbranched alkanes of at least 4 members (excludes halogenated alkanes) is 1. The van der Waals surface area contributed by atoms with Gasteiger partial charge in [0.25, 0.3) is 0 Å². The van der Waals surface area contributed by atoms with Crippen LogP contribution in [-0.2, 0) is 4.79 Å². The Balaban J connectivity index is 2.15. The van der Waals surface area contributed by atoms with Gasteiger partial charge < -0.3 is 10.0 Å². The van der Waals surface area contributed by atoms with Crippen molar-refractivity contribution in [2.24, 2.45) is 0 Å². The van der Waals surface area contributed by atoms with Crippen molar-refractivity contribution in [3.05, 3.63) is 35.4 Å². The highest BCUT2D eigenvalue weighted by Crippen LogP contribution is 2.33. The predicted octanol–water partition coefficient (Wildman–Crippen LogP) is 3.86. The van der Waals surface area contributed by atoms with Crippen molar-refractivity contribution >= 4 is 17.7 Å². The Hall–Kier alpha value is -1.77. The van der Waals surface area contributed by atoms with E-state index in [1.165, 1.54) is 37.4 Å². The molecule has 1 N–H and O–H groups in total. The number of nitrogens with zero attached hydrogens (tertiary/aromatic N) is 1. The quantitative estimate of drug-likeness (QED) is 0.767. The third-order valence-corrected chi connectivity index (χ3v) is 3.73. The maximum absolute atomic E-state index is 10.6. The van der Waals surface area contributed by atoms with Crippen molar-refractivity contribution in [1.82, 2.24) is 0 Å². The molecule has 0 aliphatic heterocycles. The van der Waals surface area contributed by atoms with Crippen LogP contribution in [0.5, 0.6) is 0 Å². The predicted molar refractivity (Wildman–Crippen MR) is 83.1 cm³/mol. The molecular weight excluding hydrogens is 250 g/mol. The molecule has 0 spiro atoms. The second kappa shape index (κ2) is 6.60. The zero-order chi connectivity index (χ0) is 14.5. The lowest BCUT2D eigenvalue weighted by molar-refractivity contribution is -0.131. The number of hydrogen-bond donors (Lipinski definition) is 1. The van der Waals surface area contributed by atoms with Crippen molar-refractivity contribution in [2.45, 2.75) is 45.6 Å². The summed E-state index contributed by atoms with van der Waals surface area (Å²) in [5.41, 5.74) is 3.37. The van der Waals surface area contributed by atoms with E-state index in [0.29, 0.717) is 6.04 Å². The zero-order valence-corrected chi connectivity index (χ0v) is 12.3. The van der Waals surface area contributed by atoms with Crippen LogP contribution in [0.2, 0.25) is 0 Å². The highest BCUT2D eigenvalue weighted by molar-refractivity contribution is 5.85. The topological polar surface area (TPSA) is 40.5 Å². The fraction of sp³-hybridized carbons (Fsp3) is 0.471. The number of aliphatic carboxylic acids is 1. The van der Waals surface area contributed by atoms with Crippen molar-refractivity contribution < 1.29 is 9.90 Å². The highest BCUT2D eigenvalue weighted by Gasteiger charge is 2.28. The van der Waals surface area contributed by atoms with Gasteiger partial charge in [0, 0.05) is 24.4 Å². The summed E-state index contributed by atoms with van der Waals surface area (Å²) >= 11 is 0. The van der Waals surface area contributed by atoms with Gasteiger partial charge in [-0.3, -0.25) is 0 Å². The van der Waals surface area contributed by atoms with Crippen molar-refractivity contribution in [2.75, 3.05) is 11.4 Å². The summed E-state index contributed by atoms with van der Waals surface area (Å²) in [5, 5.41) is 8.69. The van der Waals surface area contributed by atoms with Gasteiger partial charge in [-0.15, -0.1) is 0 Å². The smallest absolute Gasteiger partial charge is 0.328 e. The lowest BCUT2D eigenvalue weighted by atomic mass is 10.1. The first-order valence-corrected chi connectivity index (χ1v) is 7.40. The fourth-order valence-electron chi connectivity index (χ4n) is 2.42. The molecular formula is C17H23NO2. The van der Waals surface area contributed by atoms with Gasteiger partial charge in [0.1, 0.15) is 0 Å². The van der Waals surface area contributed by atoms with Crippen LogP contribution in [0.25, 0.3) is 6.08 Å². The summed E-state index contributed by atoms with van der Waals surface area (Å²) in [6.07, 6.45) is 7.87. The van der Waals surface area contributed by atoms with E-state index in [2.05, 4.69) is 24.0 Å². The van der Waals surface area contributed by atoms with Crippen LogP contribution in [0.15, 0.2) is 24.3 Å². The lowest BCUT2D eigenvalue weighted by Crippen LogP contribution is -2.26. The molecule has 1 fully saturated rings. The van der Waals surface area contributed by atoms with Gasteiger partial charge in [0.15, 0.2) is 0 Å². The van der Waals surface area contributed by atoms with E-state index in [1.807, 2.05) is 13.0 Å². The average molecular weight is 273 g/mol. The Bertz CT molecular complexity index is 504. The molecule has 1 aliphatic carbocycles. The van der Waals surface area contributed by atoms with Crippen molar-refractivity contribution in [1.29, 1.82) is 0 Å². The zero-order valence-electron chi connectivity index (χ0n) is 12.3. The summed E-state index contributed by atoms with van der Waals surface area (Å²) in [4.78, 5) is 13.1. The molecule has 2 rings (SSSR count). The summed E-state index contributed by atoms with van der Waals surface area (Å²) in [6, 6.07) is 7.02. The molecule has 1 aromatic rings. The van der Waals surface area contributed by atoms with Gasteiger partial charge in [-0.25, -0.2) is 4.79 Å². The highest BCUT2D eigenvalue weighted by atomic mass is 16.4. The first kappa shape index (κ1) is 14.6. The normalized spacial score (nSPS) is 14.7. The SMILES string of the molecule is CCCCN(c1ccc(C=CC(=O)O)c(C)c1)C1CC1. The third-order valence-electron chi connectivity index (χ3n) is 3.73. The summed E-state index contributed by atoms with van der Waals surface area (Å²) < 4.78 is 0. The van der Waals surface area contributed by atoms with Gasteiger partial charge in [-0.2, -0.15) is 0 Å². The largest absolute Gasteiger partial charge is 0.478 e. The van der Waals surface area contributed by atoms with E-state index in [4.69, 9.17) is 5.11 Å². The first-order valence-electron chi connectivity index (χ1n) is 7.40. The second-order valence-electron chi connectivity index (χ2n) is 5.49. The van der Waals surface area contributed by atoms with Crippen molar-refractivity contribution in [3.8, 4) is 0 Å². The molecule has 20 heavy (non-hydrogen) atoms. The molecule has 108 valence electrons. The van der Waals surface area contributed by atoms with Gasteiger partial charge in [-0.05, 0) is 55.5 Å². The standard InChI is InChI=1S/C17H23NO2/c1-3-4-11-18(15-8-9-15)16-7-5-14(13(2)12-16)6-10-17(19)20/h5-7,10,12,15H,3-4,8-9,11H2,1-2H3,(H,19,20). The molecule has 0 heterocycles. The number of rotatable bonds is 7. The van der Waals surface area contributed by atoms with Crippen LogP contribution in [0.3, 0.4) is 0 Å². The summed E-state index contributed by atoms with van der Waals surface area (Å²) in [7, 11) is 0. The van der Waals surface area contributed by atoms with Crippen LogP contribution < -0.4 is 4.90 Å². The molecule has 1 aromatic carbocycles. The number of hydrogen-bond acceptors (Lipinski definition) is 2. The first-order chi connectivity index (χ1) is 9.61. The maximum Gasteiger partial charge on any atom is 0.328 e. The molecule has 3 nitrogen and oxygen atoms in total. The van der Waals surface area contributed by atoms with Crippen LogP contribution in [0, 0.1) is 6.92 Å². The van der Waals surface area contributed by atoms with Gasteiger partial charge in [-0.1, -0.05) is 19.4 Å². The second-order valence-corrected chi connectivity index (χ2v) is 5.49. The minimum atomic E-state index is -0.906. The molecule has 0 radical (unpaired) electrons. The van der Waals surface area contributed by atoms with Crippen LogP contribution in [0.1, 0.15) is 43.7 Å². The average Bonchev–Trinajstić information content (AvgIpc) is 3.22. The Morgan fingerprint density at radius 3 is 2.75 bits per heavy atom. The lowest BCUT2D eigenvalue weighted by Gasteiger charge is -2.25. The van der Waals surface area contributed by atoms with Crippen LogP contribution in [0.4, 0.5) is 5.69 Å². The molecule has 0 unspecified atom stereocenters. The van der Waals surface area contributed by atoms with Crippen LogP contribution >= 0.6 is 0 Å². The molecule has 0 aromatic heterocycles. The van der Waals surface area contributed by atoms with E-state index in [-0.39, 0.29) is 0 Å². The molecule has 1 saturated carbocycles. The molecule has 1 aliphatic rings. The Kier molecular flexibility index (Phi) is 4.83. The molecule has 0 bridgehead atoms. The minimum absolute atomic E-state index is 0.710. The minimum Gasteiger partial charge on any atom is -0.478 e. The van der Waals surface area contributed by atoms with Gasteiger partial charge >= 0.3 is 5.97 Å². The number of aryl methyl sites for hydroxylation is 1. The molecule has 0 atom stereocenters. The Morgan fingerprint density at radius 2 is 2.20 bits per heavy atom. The van der Waals surface area contributed by atoms with E-state index in [0.717, 1.165) is 17.7 Å². The Morgan fingerprint density at radius 1 is 1.45 bits per heavy atom. The number of carbonyl (C=O) groups is 1. The fourth-order valence-corrected chi connectivity index (χ4v) is 2.42. The van der Waals surface area contributed by atoms with Gasteiger partial charge in [0.2, 0.25) is 0 Å². The number of anilines is 1. The Labute approximate surface area is 120 Å². The number of benzene rings is 1. The summed E-state index contributed by atoms with van der Waals surface area (Å²) in [5.74, 6) is -0.906.